The van der Waals surface area contributed by atoms with Crippen LogP contribution in [0.1, 0.15) is 20.7 Å². The topological polar surface area (TPSA) is 40.6 Å². The standard InChI is InChI=1S/C19H18ClFN2O2S/c1-26-15-5-6-17(20)16(12-15)19(25)23-9-7-22(8-10-23)18(24)13-3-2-4-14(21)11-13/h2-6,11-12H,7-10H2,1H3. The third-order valence-corrected chi connectivity index (χ3v) is 5.38. The average molecular weight is 393 g/mol. The number of carbonyl (C=O) groups is 2. The van der Waals surface area contributed by atoms with Crippen LogP contribution in [0.25, 0.3) is 0 Å². The van der Waals surface area contributed by atoms with Crippen molar-refractivity contribution in [1.29, 1.82) is 0 Å². The van der Waals surface area contributed by atoms with Crippen molar-refractivity contribution in [3.63, 3.8) is 0 Å². The predicted octanol–water partition coefficient (Wildman–Crippen LogP) is 3.80. The van der Waals surface area contributed by atoms with Crippen LogP contribution in [-0.4, -0.2) is 54.0 Å². The molecule has 136 valence electrons. The molecule has 0 atom stereocenters. The second-order valence-electron chi connectivity index (χ2n) is 5.94. The SMILES string of the molecule is CSc1ccc(Cl)c(C(=O)N2CCN(C(=O)c3cccc(F)c3)CC2)c1. The van der Waals surface area contributed by atoms with E-state index in [1.165, 1.54) is 18.2 Å². The molecule has 0 aliphatic carbocycles. The van der Waals surface area contributed by atoms with Gasteiger partial charge in [0.2, 0.25) is 0 Å². The van der Waals surface area contributed by atoms with E-state index in [0.29, 0.717) is 42.3 Å². The normalized spacial score (nSPS) is 14.4. The lowest BCUT2D eigenvalue weighted by molar-refractivity contribution is 0.0535. The Morgan fingerprint density at radius 2 is 1.65 bits per heavy atom. The Bertz CT molecular complexity index is 838. The first-order valence-electron chi connectivity index (χ1n) is 8.17. The van der Waals surface area contributed by atoms with E-state index in [4.69, 9.17) is 11.6 Å². The summed E-state index contributed by atoms with van der Waals surface area (Å²) in [4.78, 5) is 29.5. The maximum Gasteiger partial charge on any atom is 0.255 e. The van der Waals surface area contributed by atoms with Crippen molar-refractivity contribution < 1.29 is 14.0 Å². The molecule has 0 radical (unpaired) electrons. The Morgan fingerprint density at radius 3 is 2.27 bits per heavy atom. The number of nitrogens with zero attached hydrogens (tertiary/aromatic N) is 2. The van der Waals surface area contributed by atoms with E-state index in [9.17, 15) is 14.0 Å². The van der Waals surface area contributed by atoms with Gasteiger partial charge in [0.1, 0.15) is 5.82 Å². The molecule has 1 aliphatic rings. The number of piperazine rings is 1. The molecule has 3 rings (SSSR count). The fourth-order valence-corrected chi connectivity index (χ4v) is 3.52. The summed E-state index contributed by atoms with van der Waals surface area (Å²) in [5, 5.41) is 0.422. The van der Waals surface area contributed by atoms with Crippen LogP contribution in [-0.2, 0) is 0 Å². The fourth-order valence-electron chi connectivity index (χ4n) is 2.88. The summed E-state index contributed by atoms with van der Waals surface area (Å²) < 4.78 is 13.3. The second-order valence-corrected chi connectivity index (χ2v) is 7.23. The van der Waals surface area contributed by atoms with Gasteiger partial charge in [0, 0.05) is 36.6 Å². The highest BCUT2D eigenvalue weighted by Crippen LogP contribution is 2.24. The molecule has 1 saturated heterocycles. The van der Waals surface area contributed by atoms with E-state index in [2.05, 4.69) is 0 Å². The number of amides is 2. The number of thioether (sulfide) groups is 1. The van der Waals surface area contributed by atoms with Gasteiger partial charge in [0.15, 0.2) is 0 Å². The molecule has 2 aromatic carbocycles. The van der Waals surface area contributed by atoms with E-state index in [0.717, 1.165) is 4.90 Å². The van der Waals surface area contributed by atoms with Crippen LogP contribution in [0.15, 0.2) is 47.4 Å². The zero-order valence-corrected chi connectivity index (χ0v) is 15.8. The number of hydrogen-bond donors (Lipinski definition) is 0. The predicted molar refractivity (Wildman–Crippen MR) is 101 cm³/mol. The Labute approximate surface area is 160 Å². The van der Waals surface area contributed by atoms with Crippen molar-refractivity contribution in [3.8, 4) is 0 Å². The molecule has 1 heterocycles. The summed E-state index contributed by atoms with van der Waals surface area (Å²) in [5.74, 6) is -0.796. The van der Waals surface area contributed by atoms with Crippen LogP contribution in [0.4, 0.5) is 4.39 Å². The second kappa shape index (κ2) is 8.10. The van der Waals surface area contributed by atoms with E-state index < -0.39 is 5.82 Å². The smallest absolute Gasteiger partial charge is 0.255 e. The quantitative estimate of drug-likeness (QED) is 0.746. The number of rotatable bonds is 3. The van der Waals surface area contributed by atoms with Crippen LogP contribution in [0.3, 0.4) is 0 Å². The number of benzene rings is 2. The highest BCUT2D eigenvalue weighted by molar-refractivity contribution is 7.98. The summed E-state index contributed by atoms with van der Waals surface area (Å²) in [7, 11) is 0. The summed E-state index contributed by atoms with van der Waals surface area (Å²) in [5.41, 5.74) is 0.795. The molecule has 0 saturated carbocycles. The van der Waals surface area contributed by atoms with E-state index >= 15 is 0 Å². The molecular formula is C19H18ClFN2O2S. The Balaban J connectivity index is 1.67. The average Bonchev–Trinajstić information content (AvgIpc) is 2.67. The van der Waals surface area contributed by atoms with Crippen LogP contribution in [0, 0.1) is 5.82 Å². The minimum Gasteiger partial charge on any atom is -0.335 e. The summed E-state index contributed by atoms with van der Waals surface area (Å²) in [6.45, 7) is 1.64. The number of hydrogen-bond acceptors (Lipinski definition) is 3. The minimum absolute atomic E-state index is 0.135. The lowest BCUT2D eigenvalue weighted by Gasteiger charge is -2.35. The fraction of sp³-hybridized carbons (Fsp3) is 0.263. The summed E-state index contributed by atoms with van der Waals surface area (Å²) in [6, 6.07) is 11.0. The maximum absolute atomic E-state index is 13.3. The molecule has 0 spiro atoms. The van der Waals surface area contributed by atoms with Gasteiger partial charge in [-0.3, -0.25) is 9.59 Å². The van der Waals surface area contributed by atoms with Crippen LogP contribution < -0.4 is 0 Å². The molecule has 0 aromatic heterocycles. The van der Waals surface area contributed by atoms with Crippen molar-refractivity contribution in [2.75, 3.05) is 32.4 Å². The first-order valence-corrected chi connectivity index (χ1v) is 9.77. The van der Waals surface area contributed by atoms with Gasteiger partial charge in [-0.1, -0.05) is 17.7 Å². The third kappa shape index (κ3) is 4.02. The maximum atomic E-state index is 13.3. The van der Waals surface area contributed by atoms with Gasteiger partial charge in [0.25, 0.3) is 11.8 Å². The van der Waals surface area contributed by atoms with E-state index in [1.807, 2.05) is 12.3 Å². The van der Waals surface area contributed by atoms with Crippen molar-refractivity contribution in [2.24, 2.45) is 0 Å². The van der Waals surface area contributed by atoms with Gasteiger partial charge in [0.05, 0.1) is 10.6 Å². The molecule has 2 aromatic rings. The molecule has 1 aliphatic heterocycles. The zero-order valence-electron chi connectivity index (χ0n) is 14.2. The van der Waals surface area contributed by atoms with Gasteiger partial charge in [-0.2, -0.15) is 0 Å². The third-order valence-electron chi connectivity index (χ3n) is 4.33. The van der Waals surface area contributed by atoms with Gasteiger partial charge in [-0.15, -0.1) is 11.8 Å². The summed E-state index contributed by atoms with van der Waals surface area (Å²) in [6.07, 6.45) is 1.94. The van der Waals surface area contributed by atoms with E-state index in [1.54, 1.807) is 39.8 Å². The zero-order chi connectivity index (χ0) is 18.7. The largest absolute Gasteiger partial charge is 0.335 e. The number of halogens is 2. The van der Waals surface area contributed by atoms with Crippen molar-refractivity contribution in [2.45, 2.75) is 4.90 Å². The molecule has 4 nitrogen and oxygen atoms in total. The Hall–Kier alpha value is -2.05. The van der Waals surface area contributed by atoms with Crippen molar-refractivity contribution in [1.82, 2.24) is 9.80 Å². The lowest BCUT2D eigenvalue weighted by Crippen LogP contribution is -2.50. The molecule has 7 heteroatoms. The minimum atomic E-state index is -0.437. The number of carbonyl (C=O) groups excluding carboxylic acids is 2. The Kier molecular flexibility index (Phi) is 5.84. The molecular weight excluding hydrogens is 375 g/mol. The van der Waals surface area contributed by atoms with Crippen molar-refractivity contribution >= 4 is 35.2 Å². The molecule has 1 fully saturated rings. The highest BCUT2D eigenvalue weighted by atomic mass is 35.5. The summed E-state index contributed by atoms with van der Waals surface area (Å²) >= 11 is 7.73. The van der Waals surface area contributed by atoms with Gasteiger partial charge in [-0.25, -0.2) is 4.39 Å². The molecule has 0 N–H and O–H groups in total. The Morgan fingerprint density at radius 1 is 1.00 bits per heavy atom. The van der Waals surface area contributed by atoms with Crippen LogP contribution >= 0.6 is 23.4 Å². The monoisotopic (exact) mass is 392 g/mol. The molecule has 0 unspecified atom stereocenters. The highest BCUT2D eigenvalue weighted by Gasteiger charge is 2.26. The first-order chi connectivity index (χ1) is 12.5. The van der Waals surface area contributed by atoms with Crippen molar-refractivity contribution in [3.05, 3.63) is 64.4 Å². The van der Waals surface area contributed by atoms with Crippen LogP contribution in [0.2, 0.25) is 5.02 Å². The van der Waals surface area contributed by atoms with Gasteiger partial charge < -0.3 is 9.80 Å². The van der Waals surface area contributed by atoms with Crippen LogP contribution in [0.5, 0.6) is 0 Å². The van der Waals surface area contributed by atoms with E-state index in [-0.39, 0.29) is 11.8 Å². The molecule has 0 bridgehead atoms. The first kappa shape index (κ1) is 18.7. The van der Waals surface area contributed by atoms with Gasteiger partial charge >= 0.3 is 0 Å². The lowest BCUT2D eigenvalue weighted by atomic mass is 10.1. The van der Waals surface area contributed by atoms with Gasteiger partial charge in [-0.05, 0) is 42.7 Å². The molecule has 2 amide bonds. The molecule has 26 heavy (non-hydrogen) atoms.